The van der Waals surface area contributed by atoms with E-state index in [2.05, 4.69) is 15.4 Å². The lowest BCUT2D eigenvalue weighted by Crippen LogP contribution is -2.35. The second-order valence-electron chi connectivity index (χ2n) is 6.16. The van der Waals surface area contributed by atoms with Crippen molar-refractivity contribution < 1.29 is 14.3 Å². The summed E-state index contributed by atoms with van der Waals surface area (Å²) in [6.45, 7) is 0.570. The van der Waals surface area contributed by atoms with E-state index in [1.165, 1.54) is 12.7 Å². The van der Waals surface area contributed by atoms with Crippen LogP contribution in [0.4, 0.5) is 10.5 Å². The summed E-state index contributed by atoms with van der Waals surface area (Å²) in [5.74, 6) is -0.408. The molecule has 0 unspecified atom stereocenters. The Morgan fingerprint density at radius 2 is 1.72 bits per heavy atom. The van der Waals surface area contributed by atoms with E-state index in [-0.39, 0.29) is 11.4 Å². The van der Waals surface area contributed by atoms with Crippen molar-refractivity contribution in [3.05, 3.63) is 64.7 Å². The summed E-state index contributed by atoms with van der Waals surface area (Å²) >= 11 is 5.93. The molecule has 25 heavy (non-hydrogen) atoms. The minimum Gasteiger partial charge on any atom is -0.465 e. The maximum atomic E-state index is 12.1. The van der Waals surface area contributed by atoms with Gasteiger partial charge in [0.05, 0.1) is 12.7 Å². The molecule has 0 atom stereocenters. The highest BCUT2D eigenvalue weighted by molar-refractivity contribution is 6.30. The fourth-order valence-corrected chi connectivity index (χ4v) is 2.88. The van der Waals surface area contributed by atoms with Gasteiger partial charge >= 0.3 is 12.0 Å². The van der Waals surface area contributed by atoms with E-state index in [9.17, 15) is 9.59 Å². The highest BCUT2D eigenvalue weighted by Crippen LogP contribution is 2.47. The number of carbonyl (C=O) groups excluding carboxylic acids is 2. The van der Waals surface area contributed by atoms with Crippen LogP contribution in [0.5, 0.6) is 0 Å². The van der Waals surface area contributed by atoms with Crippen molar-refractivity contribution in [2.75, 3.05) is 19.0 Å². The number of halogens is 1. The van der Waals surface area contributed by atoms with Gasteiger partial charge in [0.15, 0.2) is 0 Å². The SMILES string of the molecule is COC(=O)c1ccc(NC(=O)NCC2(c3ccc(Cl)cc3)CC2)cc1. The van der Waals surface area contributed by atoms with E-state index in [1.807, 2.05) is 24.3 Å². The second-order valence-corrected chi connectivity index (χ2v) is 6.60. The van der Waals surface area contributed by atoms with Gasteiger partial charge in [0.25, 0.3) is 0 Å². The topological polar surface area (TPSA) is 67.4 Å². The lowest BCUT2D eigenvalue weighted by Gasteiger charge is -2.17. The standard InChI is InChI=1S/C19H19ClN2O3/c1-25-17(23)13-2-8-16(9-3-13)22-18(24)21-12-19(10-11-19)14-4-6-15(20)7-5-14/h2-9H,10-12H2,1H3,(H2,21,22,24). The van der Waals surface area contributed by atoms with Crippen molar-refractivity contribution in [2.45, 2.75) is 18.3 Å². The molecule has 6 heteroatoms. The fraction of sp³-hybridized carbons (Fsp3) is 0.263. The van der Waals surface area contributed by atoms with Gasteiger partial charge in [0.1, 0.15) is 0 Å². The third-order valence-corrected chi connectivity index (χ3v) is 4.71. The summed E-state index contributed by atoms with van der Waals surface area (Å²) in [7, 11) is 1.33. The van der Waals surface area contributed by atoms with E-state index in [0.717, 1.165) is 12.8 Å². The van der Waals surface area contributed by atoms with Crippen molar-refractivity contribution in [3.63, 3.8) is 0 Å². The molecule has 3 rings (SSSR count). The Balaban J connectivity index is 1.54. The lowest BCUT2D eigenvalue weighted by molar-refractivity contribution is 0.0601. The van der Waals surface area contributed by atoms with Gasteiger partial charge in [0.2, 0.25) is 0 Å². The maximum absolute atomic E-state index is 12.1. The minimum atomic E-state index is -0.408. The Hall–Kier alpha value is -2.53. The van der Waals surface area contributed by atoms with Crippen molar-refractivity contribution in [3.8, 4) is 0 Å². The van der Waals surface area contributed by atoms with Crippen LogP contribution >= 0.6 is 11.6 Å². The number of amides is 2. The molecule has 1 aliphatic carbocycles. The third kappa shape index (κ3) is 4.12. The molecule has 130 valence electrons. The molecule has 5 nitrogen and oxygen atoms in total. The van der Waals surface area contributed by atoms with Gasteiger partial charge < -0.3 is 15.4 Å². The predicted molar refractivity (Wildman–Crippen MR) is 97.2 cm³/mol. The Morgan fingerprint density at radius 1 is 1.08 bits per heavy atom. The molecule has 2 amide bonds. The molecule has 0 spiro atoms. The quantitative estimate of drug-likeness (QED) is 0.794. The summed E-state index contributed by atoms with van der Waals surface area (Å²) in [6.07, 6.45) is 2.09. The normalized spacial score (nSPS) is 14.5. The molecule has 2 N–H and O–H groups in total. The van der Waals surface area contributed by atoms with E-state index in [0.29, 0.717) is 22.8 Å². The number of hydrogen-bond donors (Lipinski definition) is 2. The molecule has 0 radical (unpaired) electrons. The molecule has 1 saturated carbocycles. The van der Waals surface area contributed by atoms with Crippen LogP contribution in [-0.4, -0.2) is 25.7 Å². The minimum absolute atomic E-state index is 0.0106. The van der Waals surface area contributed by atoms with Gasteiger partial charge in [-0.25, -0.2) is 9.59 Å². The first kappa shape index (κ1) is 17.3. The summed E-state index contributed by atoms with van der Waals surface area (Å²) in [5, 5.41) is 6.39. The molecule has 2 aromatic carbocycles. The van der Waals surface area contributed by atoms with Crippen LogP contribution in [0, 0.1) is 0 Å². The Labute approximate surface area is 151 Å². The van der Waals surface area contributed by atoms with E-state index >= 15 is 0 Å². The van der Waals surface area contributed by atoms with Crippen molar-refractivity contribution in [1.29, 1.82) is 0 Å². The van der Waals surface area contributed by atoms with Gasteiger partial charge in [-0.3, -0.25) is 0 Å². The Morgan fingerprint density at radius 3 is 2.28 bits per heavy atom. The molecule has 0 aromatic heterocycles. The fourth-order valence-electron chi connectivity index (χ4n) is 2.75. The number of nitrogens with one attached hydrogen (secondary N) is 2. The number of carbonyl (C=O) groups is 2. The smallest absolute Gasteiger partial charge is 0.337 e. The van der Waals surface area contributed by atoms with Gasteiger partial charge in [-0.2, -0.15) is 0 Å². The number of ether oxygens (including phenoxy) is 1. The van der Waals surface area contributed by atoms with E-state index in [1.54, 1.807) is 24.3 Å². The van der Waals surface area contributed by atoms with Crippen LogP contribution < -0.4 is 10.6 Å². The number of rotatable bonds is 5. The number of urea groups is 1. The largest absolute Gasteiger partial charge is 0.465 e. The molecular formula is C19H19ClN2O3. The molecule has 0 bridgehead atoms. The molecule has 0 saturated heterocycles. The Kier molecular flexibility index (Phi) is 4.95. The number of hydrogen-bond acceptors (Lipinski definition) is 3. The molecule has 0 heterocycles. The number of methoxy groups -OCH3 is 1. The highest BCUT2D eigenvalue weighted by Gasteiger charge is 2.44. The van der Waals surface area contributed by atoms with Gasteiger partial charge in [-0.05, 0) is 54.8 Å². The zero-order chi connectivity index (χ0) is 17.9. The average Bonchev–Trinajstić information content (AvgIpc) is 3.42. The lowest BCUT2D eigenvalue weighted by atomic mass is 9.96. The van der Waals surface area contributed by atoms with Crippen molar-refractivity contribution in [2.24, 2.45) is 0 Å². The van der Waals surface area contributed by atoms with Crippen LogP contribution in [0.15, 0.2) is 48.5 Å². The number of esters is 1. The van der Waals surface area contributed by atoms with Gasteiger partial charge in [-0.1, -0.05) is 23.7 Å². The molecule has 2 aromatic rings. The second kappa shape index (κ2) is 7.15. The van der Waals surface area contributed by atoms with Gasteiger partial charge in [0, 0.05) is 22.7 Å². The molecular weight excluding hydrogens is 340 g/mol. The zero-order valence-electron chi connectivity index (χ0n) is 13.8. The van der Waals surface area contributed by atoms with Crippen molar-refractivity contribution >= 4 is 29.3 Å². The average molecular weight is 359 g/mol. The first-order chi connectivity index (χ1) is 12.0. The first-order valence-electron chi connectivity index (χ1n) is 8.02. The van der Waals surface area contributed by atoms with E-state index in [4.69, 9.17) is 11.6 Å². The maximum Gasteiger partial charge on any atom is 0.337 e. The molecule has 1 fully saturated rings. The number of benzene rings is 2. The monoisotopic (exact) mass is 358 g/mol. The molecule has 1 aliphatic rings. The van der Waals surface area contributed by atoms with E-state index < -0.39 is 5.97 Å². The van der Waals surface area contributed by atoms with Crippen LogP contribution in [0.2, 0.25) is 5.02 Å². The number of anilines is 1. The van der Waals surface area contributed by atoms with Crippen LogP contribution in [-0.2, 0) is 10.2 Å². The third-order valence-electron chi connectivity index (χ3n) is 4.46. The summed E-state index contributed by atoms with van der Waals surface area (Å²) < 4.78 is 4.64. The summed E-state index contributed by atoms with van der Waals surface area (Å²) in [6, 6.07) is 14.1. The van der Waals surface area contributed by atoms with Crippen LogP contribution in [0.25, 0.3) is 0 Å². The predicted octanol–water partition coefficient (Wildman–Crippen LogP) is 3.98. The van der Waals surface area contributed by atoms with Crippen LogP contribution in [0.3, 0.4) is 0 Å². The summed E-state index contributed by atoms with van der Waals surface area (Å²) in [5.41, 5.74) is 2.26. The molecule has 0 aliphatic heterocycles. The summed E-state index contributed by atoms with van der Waals surface area (Å²) in [4.78, 5) is 23.5. The van der Waals surface area contributed by atoms with Gasteiger partial charge in [-0.15, -0.1) is 0 Å². The van der Waals surface area contributed by atoms with Crippen molar-refractivity contribution in [1.82, 2.24) is 5.32 Å². The zero-order valence-corrected chi connectivity index (χ0v) is 14.6. The van der Waals surface area contributed by atoms with Crippen LogP contribution in [0.1, 0.15) is 28.8 Å². The highest BCUT2D eigenvalue weighted by atomic mass is 35.5. The Bertz CT molecular complexity index is 768. The first-order valence-corrected chi connectivity index (χ1v) is 8.39.